The van der Waals surface area contributed by atoms with Gasteiger partial charge < -0.3 is 19.5 Å². The van der Waals surface area contributed by atoms with Crippen molar-refractivity contribution in [1.82, 2.24) is 25.0 Å². The van der Waals surface area contributed by atoms with Gasteiger partial charge in [-0.2, -0.15) is 0 Å². The maximum atomic E-state index is 5.45. The summed E-state index contributed by atoms with van der Waals surface area (Å²) in [6.07, 6.45) is 6.38. The van der Waals surface area contributed by atoms with E-state index in [1.165, 1.54) is 12.8 Å². The van der Waals surface area contributed by atoms with E-state index in [0.29, 0.717) is 5.92 Å². The monoisotopic (exact) mass is 448 g/mol. The zero-order valence-electron chi connectivity index (χ0n) is 14.5. The van der Waals surface area contributed by atoms with Crippen LogP contribution in [0.3, 0.4) is 0 Å². The molecule has 0 aromatic carbocycles. The lowest BCUT2D eigenvalue weighted by Crippen LogP contribution is -2.41. The third-order valence-electron chi connectivity index (χ3n) is 4.58. The second kappa shape index (κ2) is 10.2. The molecule has 1 unspecified atom stereocenters. The first-order valence-corrected chi connectivity index (χ1v) is 8.84. The lowest BCUT2D eigenvalue weighted by Gasteiger charge is -2.22. The lowest BCUT2D eigenvalue weighted by atomic mass is 10.1. The van der Waals surface area contributed by atoms with Crippen molar-refractivity contribution in [3.8, 4) is 0 Å². The van der Waals surface area contributed by atoms with E-state index in [1.54, 1.807) is 0 Å². The van der Waals surface area contributed by atoms with Crippen molar-refractivity contribution in [3.05, 3.63) is 12.2 Å². The minimum Gasteiger partial charge on any atom is -0.381 e. The molecule has 0 radical (unpaired) electrons. The molecule has 7 nitrogen and oxygen atoms in total. The van der Waals surface area contributed by atoms with Crippen LogP contribution >= 0.6 is 24.0 Å². The van der Waals surface area contributed by atoms with Crippen LogP contribution in [0.4, 0.5) is 0 Å². The Bertz CT molecular complexity index is 508. The molecule has 136 valence electrons. The highest BCUT2D eigenvalue weighted by Gasteiger charge is 2.19. The molecule has 0 spiro atoms. The predicted molar refractivity (Wildman–Crippen MR) is 105 cm³/mol. The number of aryl methyl sites for hydroxylation is 1. The van der Waals surface area contributed by atoms with Crippen LogP contribution in [-0.4, -0.2) is 65.0 Å². The fourth-order valence-electron chi connectivity index (χ4n) is 3.17. The molecule has 1 N–H and O–H groups in total. The van der Waals surface area contributed by atoms with Gasteiger partial charge in [0.1, 0.15) is 12.2 Å². The van der Waals surface area contributed by atoms with E-state index >= 15 is 0 Å². The predicted octanol–water partition coefficient (Wildman–Crippen LogP) is 1.54. The first-order valence-electron chi connectivity index (χ1n) is 8.84. The largest absolute Gasteiger partial charge is 0.381 e. The molecule has 0 aliphatic carbocycles. The highest BCUT2D eigenvalue weighted by molar-refractivity contribution is 14.0. The summed E-state index contributed by atoms with van der Waals surface area (Å²) in [7, 11) is 0. The summed E-state index contributed by atoms with van der Waals surface area (Å²) < 4.78 is 7.56. The summed E-state index contributed by atoms with van der Waals surface area (Å²) in [6, 6.07) is 0. The molecule has 2 fully saturated rings. The van der Waals surface area contributed by atoms with E-state index in [1.807, 2.05) is 6.33 Å². The standard InChI is InChI=1S/C16H28N6O.HI/c1-2-15-20-19-13-22(15)9-6-17-16(21-7-3-4-8-21)18-11-14-5-10-23-12-14;/h13-14H,2-12H2,1H3,(H,17,18);1H. The first-order chi connectivity index (χ1) is 11.4. The summed E-state index contributed by atoms with van der Waals surface area (Å²) in [5, 5.41) is 11.7. The van der Waals surface area contributed by atoms with Gasteiger partial charge in [-0.15, -0.1) is 34.2 Å². The molecule has 0 bridgehead atoms. The zero-order valence-corrected chi connectivity index (χ0v) is 16.8. The highest BCUT2D eigenvalue weighted by Crippen LogP contribution is 2.13. The van der Waals surface area contributed by atoms with Gasteiger partial charge in [-0.1, -0.05) is 6.92 Å². The van der Waals surface area contributed by atoms with Crippen molar-refractivity contribution < 1.29 is 4.74 Å². The van der Waals surface area contributed by atoms with Gasteiger partial charge in [-0.25, -0.2) is 0 Å². The molecule has 1 aromatic rings. The smallest absolute Gasteiger partial charge is 0.193 e. The van der Waals surface area contributed by atoms with Crippen LogP contribution in [0.1, 0.15) is 32.0 Å². The third kappa shape index (κ3) is 5.30. The maximum absolute atomic E-state index is 5.45. The summed E-state index contributed by atoms with van der Waals surface area (Å²) in [5.41, 5.74) is 0. The molecule has 24 heavy (non-hydrogen) atoms. The van der Waals surface area contributed by atoms with Gasteiger partial charge in [-0.05, 0) is 19.3 Å². The number of aliphatic imine (C=N–C) groups is 1. The Morgan fingerprint density at radius 1 is 1.42 bits per heavy atom. The number of ether oxygens (including phenoxy) is 1. The van der Waals surface area contributed by atoms with Crippen LogP contribution in [0.5, 0.6) is 0 Å². The van der Waals surface area contributed by atoms with E-state index in [2.05, 4.69) is 31.9 Å². The fourth-order valence-corrected chi connectivity index (χ4v) is 3.17. The molecule has 2 aliphatic rings. The number of hydrogen-bond acceptors (Lipinski definition) is 4. The van der Waals surface area contributed by atoms with Gasteiger partial charge in [-0.3, -0.25) is 4.99 Å². The number of guanidine groups is 1. The summed E-state index contributed by atoms with van der Waals surface area (Å²) in [4.78, 5) is 7.24. The Morgan fingerprint density at radius 3 is 2.96 bits per heavy atom. The van der Waals surface area contributed by atoms with Crippen molar-refractivity contribution >= 4 is 29.9 Å². The number of rotatable bonds is 6. The molecule has 0 saturated carbocycles. The molecular formula is C16H29IN6O. The first kappa shape index (κ1) is 19.4. The summed E-state index contributed by atoms with van der Waals surface area (Å²) in [6.45, 7) is 8.66. The highest BCUT2D eigenvalue weighted by atomic mass is 127. The zero-order chi connectivity index (χ0) is 15.9. The Hall–Kier alpha value is -0.900. The van der Waals surface area contributed by atoms with E-state index in [-0.39, 0.29) is 24.0 Å². The number of nitrogens with zero attached hydrogens (tertiary/aromatic N) is 5. The normalized spacial score (nSPS) is 21.1. The Balaban J connectivity index is 0.00000208. The molecule has 2 saturated heterocycles. The molecule has 1 atom stereocenters. The van der Waals surface area contributed by atoms with Crippen molar-refractivity contribution in [2.24, 2.45) is 10.9 Å². The van der Waals surface area contributed by atoms with Crippen molar-refractivity contribution in [2.75, 3.05) is 39.4 Å². The van der Waals surface area contributed by atoms with E-state index in [4.69, 9.17) is 9.73 Å². The molecule has 1 aromatic heterocycles. The van der Waals surface area contributed by atoms with E-state index in [9.17, 15) is 0 Å². The van der Waals surface area contributed by atoms with E-state index in [0.717, 1.165) is 70.6 Å². The van der Waals surface area contributed by atoms with Crippen molar-refractivity contribution in [1.29, 1.82) is 0 Å². The van der Waals surface area contributed by atoms with Crippen molar-refractivity contribution in [2.45, 2.75) is 39.2 Å². The molecule has 3 rings (SSSR count). The number of aromatic nitrogens is 3. The molecule has 8 heteroatoms. The van der Waals surface area contributed by atoms with Crippen molar-refractivity contribution in [3.63, 3.8) is 0 Å². The van der Waals surface area contributed by atoms with Gasteiger partial charge in [0.05, 0.1) is 6.61 Å². The minimum atomic E-state index is 0. The summed E-state index contributed by atoms with van der Waals surface area (Å²) >= 11 is 0. The average molecular weight is 448 g/mol. The van der Waals surface area contributed by atoms with Gasteiger partial charge >= 0.3 is 0 Å². The molecule has 0 amide bonds. The minimum absolute atomic E-state index is 0. The van der Waals surface area contributed by atoms with Gasteiger partial charge in [0.15, 0.2) is 5.96 Å². The Labute approximate surface area is 161 Å². The van der Waals surface area contributed by atoms with Crippen LogP contribution in [0.15, 0.2) is 11.3 Å². The van der Waals surface area contributed by atoms with Gasteiger partial charge in [0.25, 0.3) is 0 Å². The topological polar surface area (TPSA) is 67.6 Å². The second-order valence-corrected chi connectivity index (χ2v) is 6.31. The maximum Gasteiger partial charge on any atom is 0.193 e. The Morgan fingerprint density at radius 2 is 2.25 bits per heavy atom. The number of hydrogen-bond donors (Lipinski definition) is 1. The van der Waals surface area contributed by atoms with Crippen LogP contribution in [-0.2, 0) is 17.7 Å². The van der Waals surface area contributed by atoms with Crippen LogP contribution in [0.2, 0.25) is 0 Å². The number of likely N-dealkylation sites (tertiary alicyclic amines) is 1. The summed E-state index contributed by atoms with van der Waals surface area (Å²) in [5.74, 6) is 2.68. The van der Waals surface area contributed by atoms with Crippen LogP contribution in [0.25, 0.3) is 0 Å². The van der Waals surface area contributed by atoms with Gasteiger partial charge in [0, 0.05) is 51.7 Å². The second-order valence-electron chi connectivity index (χ2n) is 6.31. The number of nitrogens with one attached hydrogen (secondary N) is 1. The molecular weight excluding hydrogens is 419 g/mol. The fraction of sp³-hybridized carbons (Fsp3) is 0.812. The number of halogens is 1. The Kier molecular flexibility index (Phi) is 8.23. The quantitative estimate of drug-likeness (QED) is 0.406. The average Bonchev–Trinajstić information content (AvgIpc) is 3.33. The molecule has 2 aliphatic heterocycles. The molecule has 3 heterocycles. The van der Waals surface area contributed by atoms with Crippen LogP contribution in [0, 0.1) is 5.92 Å². The van der Waals surface area contributed by atoms with Crippen LogP contribution < -0.4 is 5.32 Å². The van der Waals surface area contributed by atoms with E-state index < -0.39 is 0 Å². The van der Waals surface area contributed by atoms with Gasteiger partial charge in [0.2, 0.25) is 0 Å². The lowest BCUT2D eigenvalue weighted by molar-refractivity contribution is 0.187. The third-order valence-corrected chi connectivity index (χ3v) is 4.58. The SMILES string of the molecule is CCc1nncn1CCNC(=NCC1CCOC1)N1CCCC1.I.